The molecule has 3 nitrogen and oxygen atoms in total. The van der Waals surface area contributed by atoms with E-state index in [0.29, 0.717) is 12.5 Å². The maximum absolute atomic E-state index is 8.68. The first-order chi connectivity index (χ1) is 5.85. The number of rotatable bonds is 7. The fourth-order valence-corrected chi connectivity index (χ4v) is 1.08. The molecule has 0 aliphatic carbocycles. The van der Waals surface area contributed by atoms with E-state index in [2.05, 4.69) is 18.3 Å². The van der Waals surface area contributed by atoms with Gasteiger partial charge in [0.05, 0.1) is 6.07 Å². The summed E-state index contributed by atoms with van der Waals surface area (Å²) in [6.45, 7) is 3.22. The molecule has 0 bridgehead atoms. The first-order valence-corrected chi connectivity index (χ1v) is 4.56. The Hall–Kier alpha value is -0.590. The fraction of sp³-hybridized carbons (Fsp3) is 0.889. The zero-order valence-corrected chi connectivity index (χ0v) is 7.71. The molecule has 1 atom stereocenters. The monoisotopic (exact) mass is 170 g/mol. The van der Waals surface area contributed by atoms with Crippen molar-refractivity contribution in [2.24, 2.45) is 0 Å². The van der Waals surface area contributed by atoms with Crippen LogP contribution in [0, 0.1) is 11.3 Å². The van der Waals surface area contributed by atoms with Crippen LogP contribution in [0.15, 0.2) is 0 Å². The Balaban J connectivity index is 3.26. The fourth-order valence-electron chi connectivity index (χ4n) is 1.08. The average Bonchev–Trinajstić information content (AvgIpc) is 2.10. The van der Waals surface area contributed by atoms with E-state index >= 15 is 0 Å². The smallest absolute Gasteiger partial charge is 0.0622 e. The molecule has 1 unspecified atom stereocenters. The lowest BCUT2D eigenvalue weighted by Crippen LogP contribution is -2.30. The van der Waals surface area contributed by atoms with Crippen LogP contribution in [-0.2, 0) is 0 Å². The second-order valence-electron chi connectivity index (χ2n) is 2.83. The molecule has 3 heteroatoms. The molecule has 0 heterocycles. The van der Waals surface area contributed by atoms with E-state index in [-0.39, 0.29) is 6.61 Å². The van der Waals surface area contributed by atoms with E-state index in [1.165, 1.54) is 0 Å². The summed E-state index contributed by atoms with van der Waals surface area (Å²) in [6, 6.07) is 2.51. The van der Waals surface area contributed by atoms with Crippen LogP contribution in [0.5, 0.6) is 0 Å². The van der Waals surface area contributed by atoms with Gasteiger partial charge >= 0.3 is 0 Å². The van der Waals surface area contributed by atoms with E-state index in [0.717, 1.165) is 25.8 Å². The van der Waals surface area contributed by atoms with Crippen molar-refractivity contribution in [2.45, 2.75) is 38.6 Å². The molecule has 0 aromatic heterocycles. The maximum atomic E-state index is 8.68. The van der Waals surface area contributed by atoms with Crippen molar-refractivity contribution in [3.05, 3.63) is 0 Å². The standard InChI is InChI=1S/C9H18N2O/c1-2-9(5-8-12)11-7-4-3-6-10/h9,11-12H,2-5,7-8H2,1H3. The predicted molar refractivity (Wildman–Crippen MR) is 48.6 cm³/mol. The van der Waals surface area contributed by atoms with Crippen LogP contribution in [0.4, 0.5) is 0 Å². The molecular weight excluding hydrogens is 152 g/mol. The Morgan fingerprint density at radius 3 is 2.83 bits per heavy atom. The Morgan fingerprint density at radius 1 is 1.58 bits per heavy atom. The third-order valence-corrected chi connectivity index (χ3v) is 1.87. The number of nitrogens with one attached hydrogen (secondary N) is 1. The van der Waals surface area contributed by atoms with Gasteiger partial charge in [0, 0.05) is 19.1 Å². The zero-order chi connectivity index (χ0) is 9.23. The third-order valence-electron chi connectivity index (χ3n) is 1.87. The Morgan fingerprint density at radius 2 is 2.33 bits per heavy atom. The second-order valence-corrected chi connectivity index (χ2v) is 2.83. The lowest BCUT2D eigenvalue weighted by atomic mass is 10.1. The number of hydrogen-bond donors (Lipinski definition) is 2. The molecule has 0 saturated carbocycles. The summed E-state index contributed by atoms with van der Waals surface area (Å²) in [7, 11) is 0. The number of nitrogens with zero attached hydrogens (tertiary/aromatic N) is 1. The van der Waals surface area contributed by atoms with Gasteiger partial charge in [0.2, 0.25) is 0 Å². The molecule has 0 saturated heterocycles. The lowest BCUT2D eigenvalue weighted by molar-refractivity contribution is 0.262. The van der Waals surface area contributed by atoms with E-state index in [9.17, 15) is 0 Å². The van der Waals surface area contributed by atoms with Gasteiger partial charge in [-0.15, -0.1) is 0 Å². The zero-order valence-electron chi connectivity index (χ0n) is 7.71. The van der Waals surface area contributed by atoms with Gasteiger partial charge in [-0.25, -0.2) is 0 Å². The van der Waals surface area contributed by atoms with Crippen molar-refractivity contribution in [1.82, 2.24) is 5.32 Å². The van der Waals surface area contributed by atoms with Crippen LogP contribution < -0.4 is 5.32 Å². The molecule has 0 rings (SSSR count). The maximum Gasteiger partial charge on any atom is 0.0622 e. The first kappa shape index (κ1) is 11.4. The summed E-state index contributed by atoms with van der Waals surface area (Å²) in [5.74, 6) is 0. The van der Waals surface area contributed by atoms with Crippen molar-refractivity contribution < 1.29 is 5.11 Å². The lowest BCUT2D eigenvalue weighted by Gasteiger charge is -2.14. The van der Waals surface area contributed by atoms with E-state index in [4.69, 9.17) is 10.4 Å². The first-order valence-electron chi connectivity index (χ1n) is 4.56. The van der Waals surface area contributed by atoms with Crippen LogP contribution in [0.2, 0.25) is 0 Å². The number of nitriles is 1. The van der Waals surface area contributed by atoms with Gasteiger partial charge in [0.15, 0.2) is 0 Å². The minimum atomic E-state index is 0.240. The molecule has 0 amide bonds. The molecule has 0 fully saturated rings. The molecule has 0 aromatic rings. The van der Waals surface area contributed by atoms with Gasteiger partial charge in [-0.3, -0.25) is 0 Å². The van der Waals surface area contributed by atoms with E-state index in [1.54, 1.807) is 0 Å². The highest BCUT2D eigenvalue weighted by molar-refractivity contribution is 4.70. The number of aliphatic hydroxyl groups is 1. The van der Waals surface area contributed by atoms with Crippen molar-refractivity contribution in [3.63, 3.8) is 0 Å². The second kappa shape index (κ2) is 8.51. The highest BCUT2D eigenvalue weighted by Crippen LogP contribution is 1.96. The summed E-state index contributed by atoms with van der Waals surface area (Å²) in [6.07, 6.45) is 3.36. The largest absolute Gasteiger partial charge is 0.396 e. The van der Waals surface area contributed by atoms with Gasteiger partial charge in [-0.05, 0) is 25.8 Å². The van der Waals surface area contributed by atoms with Crippen LogP contribution in [0.25, 0.3) is 0 Å². The quantitative estimate of drug-likeness (QED) is 0.561. The number of hydrogen-bond acceptors (Lipinski definition) is 3. The summed E-state index contributed by atoms with van der Waals surface area (Å²) < 4.78 is 0. The minimum Gasteiger partial charge on any atom is -0.396 e. The van der Waals surface area contributed by atoms with Gasteiger partial charge < -0.3 is 10.4 Å². The van der Waals surface area contributed by atoms with Crippen molar-refractivity contribution in [1.29, 1.82) is 5.26 Å². The van der Waals surface area contributed by atoms with Gasteiger partial charge in [-0.1, -0.05) is 6.92 Å². The van der Waals surface area contributed by atoms with Crippen molar-refractivity contribution >= 4 is 0 Å². The molecule has 0 radical (unpaired) electrons. The summed E-state index contributed by atoms with van der Waals surface area (Å²) in [5, 5.41) is 20.2. The molecule has 12 heavy (non-hydrogen) atoms. The van der Waals surface area contributed by atoms with Crippen molar-refractivity contribution in [2.75, 3.05) is 13.2 Å². The predicted octanol–water partition coefficient (Wildman–Crippen LogP) is 1.04. The summed E-state index contributed by atoms with van der Waals surface area (Å²) in [4.78, 5) is 0. The third kappa shape index (κ3) is 6.14. The Kier molecular flexibility index (Phi) is 8.09. The van der Waals surface area contributed by atoms with Gasteiger partial charge in [-0.2, -0.15) is 5.26 Å². The Bertz CT molecular complexity index is 131. The van der Waals surface area contributed by atoms with Crippen LogP contribution in [-0.4, -0.2) is 24.3 Å². The molecule has 0 spiro atoms. The topological polar surface area (TPSA) is 56.0 Å². The van der Waals surface area contributed by atoms with Crippen LogP contribution in [0.1, 0.15) is 32.6 Å². The van der Waals surface area contributed by atoms with Gasteiger partial charge in [0.1, 0.15) is 0 Å². The molecule has 0 aliphatic heterocycles. The SMILES string of the molecule is CCC(CCO)NCCCC#N. The molecule has 2 N–H and O–H groups in total. The van der Waals surface area contributed by atoms with Crippen LogP contribution in [0.3, 0.4) is 0 Å². The van der Waals surface area contributed by atoms with Crippen molar-refractivity contribution in [3.8, 4) is 6.07 Å². The highest BCUT2D eigenvalue weighted by atomic mass is 16.3. The molecule has 0 aliphatic rings. The minimum absolute atomic E-state index is 0.240. The average molecular weight is 170 g/mol. The molecular formula is C9H18N2O. The van der Waals surface area contributed by atoms with Gasteiger partial charge in [0.25, 0.3) is 0 Å². The van der Waals surface area contributed by atoms with E-state index in [1.807, 2.05) is 0 Å². The number of unbranched alkanes of at least 4 members (excludes halogenated alkanes) is 1. The van der Waals surface area contributed by atoms with E-state index < -0.39 is 0 Å². The Labute approximate surface area is 74.4 Å². The normalized spacial score (nSPS) is 12.4. The summed E-state index contributed by atoms with van der Waals surface area (Å²) in [5.41, 5.74) is 0. The summed E-state index contributed by atoms with van der Waals surface area (Å²) >= 11 is 0. The number of aliphatic hydroxyl groups excluding tert-OH is 1. The van der Waals surface area contributed by atoms with Crippen LogP contribution >= 0.6 is 0 Å². The highest BCUT2D eigenvalue weighted by Gasteiger charge is 2.02. The molecule has 70 valence electrons. The molecule has 0 aromatic carbocycles.